The van der Waals surface area contributed by atoms with Crippen LogP contribution in [0.4, 0.5) is 0 Å². The molecule has 0 fully saturated rings. The van der Waals surface area contributed by atoms with Gasteiger partial charge in [0.2, 0.25) is 0 Å². The van der Waals surface area contributed by atoms with Crippen molar-refractivity contribution in [3.8, 4) is 0 Å². The van der Waals surface area contributed by atoms with Crippen LogP contribution >= 0.6 is 22.6 Å². The monoisotopic (exact) mass is 296 g/mol. The largest absolute Gasteiger partial charge is 0.303 e. The molecular weight excluding hydrogens is 279 g/mol. The van der Waals surface area contributed by atoms with E-state index in [1.54, 1.807) is 0 Å². The maximum atomic E-state index is 8.30. The Morgan fingerprint density at radius 1 is 1.38 bits per heavy atom. The molecule has 0 amide bonds. The predicted octanol–water partition coefficient (Wildman–Crippen LogP) is 3.23. The van der Waals surface area contributed by atoms with E-state index in [0.717, 1.165) is 13.0 Å². The maximum absolute atomic E-state index is 8.30. The lowest BCUT2D eigenvalue weighted by molar-refractivity contribution is 0.434. The molecule has 0 heterocycles. The summed E-state index contributed by atoms with van der Waals surface area (Å²) in [7, 11) is 0. The Morgan fingerprint density at radius 2 is 1.92 bits per heavy atom. The summed E-state index contributed by atoms with van der Waals surface area (Å²) in [5.74, 6) is 0. The summed E-state index contributed by atoms with van der Waals surface area (Å²) in [4.78, 5) is 2.82. The second kappa shape index (κ2) is 5.02. The van der Waals surface area contributed by atoms with Gasteiger partial charge in [-0.25, -0.2) is 0 Å². The summed E-state index contributed by atoms with van der Waals surface area (Å²) in [6.45, 7) is 8.95. The fraction of sp³-hybridized carbons (Fsp3) is 1.00. The first kappa shape index (κ1) is 13.0. The van der Waals surface area contributed by atoms with Crippen LogP contribution in [-0.2, 0) is 0 Å². The third-order valence-electron chi connectivity index (χ3n) is 1.60. The summed E-state index contributed by atoms with van der Waals surface area (Å²) >= 11 is 2.33. The number of rotatable bonds is 5. The smallest absolute Gasteiger partial charge is 0.0648 e. The van der Waals surface area contributed by atoms with E-state index in [-0.39, 0.29) is 9.08 Å². The Kier molecular flexibility index (Phi) is 5.02. The lowest BCUT2D eigenvalue weighted by Crippen LogP contribution is -2.36. The van der Waals surface area contributed by atoms with Crippen molar-refractivity contribution in [1.29, 1.82) is 0 Å². The van der Waals surface area contributed by atoms with Crippen molar-refractivity contribution in [2.75, 3.05) is 6.54 Å². The molecule has 0 radical (unpaired) electrons. The lowest BCUT2D eigenvalue weighted by Gasteiger charge is -2.23. The van der Waals surface area contributed by atoms with Crippen LogP contribution in [0.3, 0.4) is 0 Å². The van der Waals surface area contributed by atoms with Gasteiger partial charge in [-0.3, -0.25) is 0 Å². The number of alkyl halides is 1. The first-order valence-corrected chi connectivity index (χ1v) is 5.35. The average molecular weight is 296 g/mol. The van der Waals surface area contributed by atoms with Crippen LogP contribution in [0.1, 0.15) is 34.1 Å². The zero-order valence-corrected chi connectivity index (χ0v) is 10.8. The van der Waals surface area contributed by atoms with Crippen molar-refractivity contribution in [2.45, 2.75) is 43.2 Å². The molecule has 0 aliphatic rings. The molecule has 4 nitrogen and oxygen atoms in total. The molecule has 76 valence electrons. The van der Waals surface area contributed by atoms with Crippen LogP contribution in [0.2, 0.25) is 0 Å². The highest BCUT2D eigenvalue weighted by Gasteiger charge is 2.17. The van der Waals surface area contributed by atoms with E-state index < -0.39 is 0 Å². The average Bonchev–Trinajstić information content (AvgIpc) is 1.82. The lowest BCUT2D eigenvalue weighted by atomic mass is 10.0. The highest BCUT2D eigenvalue weighted by Crippen LogP contribution is 2.16. The molecule has 13 heavy (non-hydrogen) atoms. The molecule has 0 aliphatic heterocycles. The predicted molar refractivity (Wildman–Crippen MR) is 63.9 cm³/mol. The minimum Gasteiger partial charge on any atom is -0.303 e. The summed E-state index contributed by atoms with van der Waals surface area (Å²) in [5, 5.41) is 7.05. The molecule has 0 aliphatic carbocycles. The minimum absolute atomic E-state index is 0.101. The highest BCUT2D eigenvalue weighted by molar-refractivity contribution is 14.1. The van der Waals surface area contributed by atoms with Gasteiger partial charge in [0.25, 0.3) is 0 Å². The number of nitrogens with zero attached hydrogens (tertiary/aromatic N) is 3. The van der Waals surface area contributed by atoms with Crippen molar-refractivity contribution < 1.29 is 0 Å². The molecule has 0 atom stereocenters. The van der Waals surface area contributed by atoms with Gasteiger partial charge in [-0.1, -0.05) is 41.6 Å². The van der Waals surface area contributed by atoms with Crippen molar-refractivity contribution in [1.82, 2.24) is 5.32 Å². The molecular formula is C8H17IN4. The maximum Gasteiger partial charge on any atom is 0.0648 e. The third kappa shape index (κ3) is 8.33. The molecule has 0 saturated heterocycles. The van der Waals surface area contributed by atoms with Crippen LogP contribution in [0, 0.1) is 0 Å². The highest BCUT2D eigenvalue weighted by atomic mass is 127. The van der Waals surface area contributed by atoms with Gasteiger partial charge >= 0.3 is 0 Å². The Morgan fingerprint density at radius 3 is 2.31 bits per heavy atom. The zero-order valence-electron chi connectivity index (χ0n) is 8.63. The quantitative estimate of drug-likeness (QED) is 0.208. The SMILES string of the molecule is CC(C)(CCNC(C)(C)I)N=[N+]=[N-]. The van der Waals surface area contributed by atoms with E-state index in [2.05, 4.69) is 51.8 Å². The van der Waals surface area contributed by atoms with E-state index in [9.17, 15) is 0 Å². The van der Waals surface area contributed by atoms with E-state index in [4.69, 9.17) is 5.53 Å². The molecule has 0 unspecified atom stereocenters. The van der Waals surface area contributed by atoms with E-state index in [0.29, 0.717) is 0 Å². The number of hydrogen-bond acceptors (Lipinski definition) is 2. The molecule has 0 aromatic carbocycles. The Balaban J connectivity index is 3.83. The van der Waals surface area contributed by atoms with Gasteiger partial charge in [-0.05, 0) is 32.3 Å². The number of hydrogen-bond donors (Lipinski definition) is 1. The Bertz CT molecular complexity index is 201. The standard InChI is InChI=1S/C8H17IN4/c1-7(2,12-13-10)5-6-11-8(3,4)9/h11H,5-6H2,1-4H3. The van der Waals surface area contributed by atoms with Crippen molar-refractivity contribution in [3.63, 3.8) is 0 Å². The molecule has 0 rings (SSSR count). The van der Waals surface area contributed by atoms with Crippen LogP contribution in [0.25, 0.3) is 10.4 Å². The molecule has 0 aromatic rings. The molecule has 0 spiro atoms. The van der Waals surface area contributed by atoms with Crippen LogP contribution in [-0.4, -0.2) is 15.6 Å². The Hall–Kier alpha value is -0.0000000000000000555. The summed E-state index contributed by atoms with van der Waals surface area (Å²) in [5.41, 5.74) is 8.01. The molecule has 5 heteroatoms. The zero-order chi connectivity index (χ0) is 10.5. The van der Waals surface area contributed by atoms with Gasteiger partial charge < -0.3 is 5.32 Å². The summed E-state index contributed by atoms with van der Waals surface area (Å²) in [6, 6.07) is 0. The minimum atomic E-state index is -0.288. The molecule has 0 saturated carbocycles. The van der Waals surface area contributed by atoms with Crippen LogP contribution in [0.15, 0.2) is 5.11 Å². The Labute approximate surface area is 93.2 Å². The number of azide groups is 1. The van der Waals surface area contributed by atoms with Crippen molar-refractivity contribution in [2.24, 2.45) is 5.11 Å². The fourth-order valence-corrected chi connectivity index (χ4v) is 1.11. The van der Waals surface area contributed by atoms with Gasteiger partial charge in [0.05, 0.1) is 3.55 Å². The second-order valence-electron chi connectivity index (χ2n) is 4.15. The van der Waals surface area contributed by atoms with Crippen molar-refractivity contribution >= 4 is 22.6 Å². The topological polar surface area (TPSA) is 60.8 Å². The van der Waals surface area contributed by atoms with Crippen LogP contribution < -0.4 is 5.32 Å². The van der Waals surface area contributed by atoms with Gasteiger partial charge in [0.1, 0.15) is 0 Å². The number of halogens is 1. The summed E-state index contributed by atoms with van der Waals surface area (Å²) in [6.07, 6.45) is 0.851. The van der Waals surface area contributed by atoms with Gasteiger partial charge in [0.15, 0.2) is 0 Å². The first-order valence-electron chi connectivity index (χ1n) is 4.27. The second-order valence-corrected chi connectivity index (χ2v) is 6.85. The normalized spacial score (nSPS) is 12.4. The van der Waals surface area contributed by atoms with E-state index >= 15 is 0 Å². The first-order chi connectivity index (χ1) is 5.77. The third-order valence-corrected chi connectivity index (χ3v) is 1.98. The van der Waals surface area contributed by atoms with E-state index in [1.807, 2.05) is 13.8 Å². The molecule has 0 bridgehead atoms. The van der Waals surface area contributed by atoms with Crippen LogP contribution in [0.5, 0.6) is 0 Å². The van der Waals surface area contributed by atoms with E-state index in [1.165, 1.54) is 0 Å². The number of nitrogens with one attached hydrogen (secondary N) is 1. The van der Waals surface area contributed by atoms with Crippen molar-refractivity contribution in [3.05, 3.63) is 10.4 Å². The van der Waals surface area contributed by atoms with Gasteiger partial charge in [-0.2, -0.15) is 0 Å². The fourth-order valence-electron chi connectivity index (χ4n) is 0.837. The molecule has 1 N–H and O–H groups in total. The summed E-state index contributed by atoms with van der Waals surface area (Å²) < 4.78 is 0.101. The molecule has 0 aromatic heterocycles. The van der Waals surface area contributed by atoms with Gasteiger partial charge in [0, 0.05) is 10.5 Å². The van der Waals surface area contributed by atoms with Gasteiger partial charge in [-0.15, -0.1) is 0 Å².